The number of hydrogen-bond acceptors (Lipinski definition) is 4. The minimum Gasteiger partial charge on any atom is -0.462 e. The zero-order chi connectivity index (χ0) is 14.7. The Morgan fingerprint density at radius 3 is 2.24 bits per heavy atom. The molecule has 0 saturated carbocycles. The summed E-state index contributed by atoms with van der Waals surface area (Å²) in [5.41, 5.74) is 0. The predicted molar refractivity (Wildman–Crippen MR) is 78.1 cm³/mol. The maximum atomic E-state index is 12.2. The minimum absolute atomic E-state index is 0.00873. The van der Waals surface area contributed by atoms with Gasteiger partial charge in [-0.25, -0.2) is 14.6 Å². The maximum absolute atomic E-state index is 12.2. The molecule has 0 spiro atoms. The second-order valence-corrected chi connectivity index (χ2v) is 7.45. The van der Waals surface area contributed by atoms with Gasteiger partial charge in [-0.2, -0.15) is 0 Å². The molecule has 6 heteroatoms. The van der Waals surface area contributed by atoms with Gasteiger partial charge in [0.2, 0.25) is 12.3 Å². The summed E-state index contributed by atoms with van der Waals surface area (Å²) in [7, 11) is 2.42. The van der Waals surface area contributed by atoms with Gasteiger partial charge < -0.3 is 9.22 Å². The van der Waals surface area contributed by atoms with E-state index in [9.17, 15) is 4.79 Å². The first-order valence-corrected chi connectivity index (χ1v) is 8.42. The van der Waals surface area contributed by atoms with Crippen molar-refractivity contribution in [1.29, 1.82) is 0 Å². The first-order chi connectivity index (χ1) is 10.1. The van der Waals surface area contributed by atoms with Crippen LogP contribution in [0.25, 0.3) is 0 Å². The third-order valence-corrected chi connectivity index (χ3v) is 6.43. The summed E-state index contributed by atoms with van der Waals surface area (Å²) in [6, 6.07) is 0. The quantitative estimate of drug-likeness (QED) is 0.500. The molecule has 4 heterocycles. The highest BCUT2D eigenvalue weighted by Gasteiger charge is 2.66. The maximum Gasteiger partial charge on any atom is 0.361 e. The van der Waals surface area contributed by atoms with Crippen LogP contribution in [-0.2, 0) is 9.53 Å². The number of esters is 1. The Hall–Kier alpha value is -0.690. The lowest BCUT2D eigenvalue weighted by atomic mass is 10.1. The van der Waals surface area contributed by atoms with E-state index in [0.29, 0.717) is 25.5 Å². The van der Waals surface area contributed by atoms with Crippen LogP contribution in [0.4, 0.5) is 0 Å². The molecule has 0 amide bonds. The first-order valence-electron chi connectivity index (χ1n) is 8.42. The zero-order valence-electron chi connectivity index (χ0n) is 13.3. The van der Waals surface area contributed by atoms with Crippen LogP contribution in [0.3, 0.4) is 0 Å². The largest absolute Gasteiger partial charge is 0.462 e. The van der Waals surface area contributed by atoms with Crippen molar-refractivity contribution in [3.8, 4) is 0 Å². The molecule has 0 aromatic carbocycles. The summed E-state index contributed by atoms with van der Waals surface area (Å²) in [6.07, 6.45) is 1.09. The smallest absolute Gasteiger partial charge is 0.361 e. The summed E-state index contributed by atoms with van der Waals surface area (Å²) in [6.45, 7) is 12.4. The molecule has 21 heavy (non-hydrogen) atoms. The number of piperazine rings is 2. The summed E-state index contributed by atoms with van der Waals surface area (Å²) < 4.78 is 7.41. The fourth-order valence-corrected chi connectivity index (χ4v) is 5.31. The van der Waals surface area contributed by atoms with Gasteiger partial charge in [0.15, 0.2) is 6.54 Å². The number of ether oxygens (including phenoxy) is 1. The van der Waals surface area contributed by atoms with Gasteiger partial charge in [-0.3, -0.25) is 4.48 Å². The van der Waals surface area contributed by atoms with E-state index in [4.69, 9.17) is 4.74 Å². The van der Waals surface area contributed by atoms with Crippen molar-refractivity contribution < 1.29 is 18.5 Å². The molecule has 4 unspecified atom stereocenters. The van der Waals surface area contributed by atoms with Crippen molar-refractivity contribution in [3.05, 3.63) is 0 Å². The Labute approximate surface area is 127 Å². The summed E-state index contributed by atoms with van der Waals surface area (Å²) in [4.78, 5) is 17.5. The third kappa shape index (κ3) is 1.89. The number of carbonyl (C=O) groups is 1. The monoisotopic (exact) mass is 296 g/mol. The van der Waals surface area contributed by atoms with Crippen LogP contribution >= 0.6 is 0 Å². The van der Waals surface area contributed by atoms with E-state index in [-0.39, 0.29) is 5.97 Å². The highest BCUT2D eigenvalue weighted by molar-refractivity contribution is 5.70. The highest BCUT2D eigenvalue weighted by Crippen LogP contribution is 2.41. The van der Waals surface area contributed by atoms with Crippen molar-refractivity contribution in [2.24, 2.45) is 0 Å². The van der Waals surface area contributed by atoms with Crippen molar-refractivity contribution in [1.82, 2.24) is 9.80 Å². The molecule has 4 fully saturated rings. The van der Waals surface area contributed by atoms with E-state index in [1.807, 2.05) is 6.92 Å². The number of likely N-dealkylation sites (N-methyl/N-ethyl adjacent to an activating group) is 1. The second kappa shape index (κ2) is 4.65. The molecule has 0 radical (unpaired) electrons. The van der Waals surface area contributed by atoms with Gasteiger partial charge in [0.1, 0.15) is 0 Å². The molecule has 118 valence electrons. The van der Waals surface area contributed by atoms with Gasteiger partial charge >= 0.3 is 5.97 Å². The molecule has 0 aromatic heterocycles. The Morgan fingerprint density at radius 1 is 1.05 bits per heavy atom. The summed E-state index contributed by atoms with van der Waals surface area (Å²) in [5.74, 6) is -0.00873. The van der Waals surface area contributed by atoms with E-state index in [2.05, 4.69) is 16.8 Å². The SMILES string of the molecule is CCOC(=O)C[N+]12CCN3CC[N+]4(C)CCN(CC1)C2C34. The van der Waals surface area contributed by atoms with Crippen LogP contribution in [-0.4, -0.2) is 110 Å². The van der Waals surface area contributed by atoms with E-state index in [1.165, 1.54) is 30.7 Å². The van der Waals surface area contributed by atoms with Gasteiger partial charge in [0, 0.05) is 0 Å². The molecule has 0 aromatic rings. The van der Waals surface area contributed by atoms with Gasteiger partial charge in [0.25, 0.3) is 0 Å². The van der Waals surface area contributed by atoms with Gasteiger partial charge in [-0.1, -0.05) is 0 Å². The van der Waals surface area contributed by atoms with Gasteiger partial charge in [-0.05, 0) is 6.92 Å². The van der Waals surface area contributed by atoms with Crippen LogP contribution in [0.2, 0.25) is 0 Å². The fraction of sp³-hybridized carbons (Fsp3) is 0.933. The van der Waals surface area contributed by atoms with E-state index >= 15 is 0 Å². The van der Waals surface area contributed by atoms with Gasteiger partial charge in [0.05, 0.1) is 66.0 Å². The Morgan fingerprint density at radius 2 is 1.62 bits per heavy atom. The number of rotatable bonds is 3. The number of hydrogen-bond donors (Lipinski definition) is 0. The topological polar surface area (TPSA) is 32.8 Å². The predicted octanol–water partition coefficient (Wildman–Crippen LogP) is -0.876. The Kier molecular flexibility index (Phi) is 3.09. The average molecular weight is 296 g/mol. The summed E-state index contributed by atoms with van der Waals surface area (Å²) >= 11 is 0. The third-order valence-electron chi connectivity index (χ3n) is 6.43. The highest BCUT2D eigenvalue weighted by atomic mass is 16.5. The minimum atomic E-state index is -0.00873. The number of nitrogens with zero attached hydrogens (tertiary/aromatic N) is 4. The second-order valence-electron chi connectivity index (χ2n) is 7.45. The van der Waals surface area contributed by atoms with E-state index < -0.39 is 0 Å². The normalized spacial score (nSPS) is 45.6. The molecule has 0 N–H and O–H groups in total. The van der Waals surface area contributed by atoms with E-state index in [0.717, 1.165) is 30.7 Å². The lowest BCUT2D eigenvalue weighted by Gasteiger charge is -2.55. The fourth-order valence-electron chi connectivity index (χ4n) is 5.31. The molecule has 4 rings (SSSR count). The number of carbonyl (C=O) groups excluding carboxylic acids is 1. The number of quaternary nitrogens is 2. The molecular formula is C15H28N4O2+2. The average Bonchev–Trinajstić information content (AvgIpc) is 2.97. The molecule has 0 bridgehead atoms. The van der Waals surface area contributed by atoms with Crippen LogP contribution < -0.4 is 0 Å². The van der Waals surface area contributed by atoms with Crippen molar-refractivity contribution >= 4 is 5.97 Å². The van der Waals surface area contributed by atoms with Crippen molar-refractivity contribution in [2.75, 3.05) is 72.6 Å². The van der Waals surface area contributed by atoms with Crippen LogP contribution in [0.15, 0.2) is 0 Å². The molecule has 4 atom stereocenters. The molecular weight excluding hydrogens is 268 g/mol. The zero-order valence-corrected chi connectivity index (χ0v) is 13.3. The lowest BCUT2D eigenvalue weighted by molar-refractivity contribution is -1.02. The van der Waals surface area contributed by atoms with Crippen LogP contribution in [0.1, 0.15) is 6.92 Å². The van der Waals surface area contributed by atoms with Crippen LogP contribution in [0, 0.1) is 0 Å². The van der Waals surface area contributed by atoms with Crippen molar-refractivity contribution in [3.63, 3.8) is 0 Å². The molecule has 6 nitrogen and oxygen atoms in total. The van der Waals surface area contributed by atoms with Crippen LogP contribution in [0.5, 0.6) is 0 Å². The van der Waals surface area contributed by atoms with Gasteiger partial charge in [-0.15, -0.1) is 0 Å². The molecule has 0 aliphatic carbocycles. The molecule has 4 saturated heterocycles. The lowest BCUT2D eigenvalue weighted by Crippen LogP contribution is -2.78. The standard InChI is InChI=1S/C15H28N4O2/c1-3-21-13(20)12-19-10-6-16-4-8-18(2)9-5-17(7-11-19)15(19)14(16)18/h14-15H,3-12H2,1-2H3/q+2. The molecule has 4 aliphatic rings. The first kappa shape index (κ1) is 13.9. The summed E-state index contributed by atoms with van der Waals surface area (Å²) in [5, 5.41) is 0. The molecule has 4 aliphatic heterocycles. The van der Waals surface area contributed by atoms with E-state index in [1.54, 1.807) is 0 Å². The van der Waals surface area contributed by atoms with Crippen molar-refractivity contribution in [2.45, 2.75) is 19.3 Å². The Bertz CT molecular complexity index is 459. The Balaban J connectivity index is 1.65.